The molecular formula is C29H36N2O4. The van der Waals surface area contributed by atoms with E-state index in [1.165, 1.54) is 24.1 Å². The van der Waals surface area contributed by atoms with E-state index in [4.69, 9.17) is 19.6 Å². The van der Waals surface area contributed by atoms with Gasteiger partial charge in [0.1, 0.15) is 17.3 Å². The summed E-state index contributed by atoms with van der Waals surface area (Å²) in [6.45, 7) is 5.81. The molecule has 0 saturated carbocycles. The third-order valence-electron chi connectivity index (χ3n) is 6.95. The average molecular weight is 477 g/mol. The van der Waals surface area contributed by atoms with Gasteiger partial charge in [-0.2, -0.15) is 0 Å². The zero-order valence-electron chi connectivity index (χ0n) is 21.0. The minimum atomic E-state index is -0.733. The Morgan fingerprint density at radius 1 is 1.14 bits per heavy atom. The van der Waals surface area contributed by atoms with Gasteiger partial charge in [-0.15, -0.1) is 0 Å². The second-order valence-corrected chi connectivity index (χ2v) is 9.35. The van der Waals surface area contributed by atoms with Gasteiger partial charge in [0.2, 0.25) is 0 Å². The second-order valence-electron chi connectivity index (χ2n) is 9.35. The van der Waals surface area contributed by atoms with Crippen molar-refractivity contribution >= 4 is 5.97 Å². The quantitative estimate of drug-likeness (QED) is 0.316. The minimum absolute atomic E-state index is 0.119. The molecule has 1 aliphatic rings. The van der Waals surface area contributed by atoms with Crippen LogP contribution in [0.15, 0.2) is 42.5 Å². The standard InChI is InChI=1S/C29H36N2O4/c1-4-5-6-16-31-27(20(2)30-29(31)21-9-11-24(34-3)12-10-21)15-17-35-25-13-14-26-22(18-25)7-8-23(26)19-28(32)33/h9-14,18,23H,4-8,15-17,19H2,1-3H3,(H,32,33). The molecule has 3 aromatic rings. The van der Waals surface area contributed by atoms with E-state index in [9.17, 15) is 4.79 Å². The molecule has 0 aliphatic heterocycles. The Hall–Kier alpha value is -3.28. The molecule has 1 aliphatic carbocycles. The number of benzene rings is 2. The van der Waals surface area contributed by atoms with Crippen molar-refractivity contribution in [1.82, 2.24) is 9.55 Å². The Kier molecular flexibility index (Phi) is 8.11. The summed E-state index contributed by atoms with van der Waals surface area (Å²) in [5.74, 6) is 2.08. The Bertz CT molecular complexity index is 1150. The third-order valence-corrected chi connectivity index (χ3v) is 6.95. The average Bonchev–Trinajstić information content (AvgIpc) is 3.39. The lowest BCUT2D eigenvalue weighted by Crippen LogP contribution is -2.10. The molecule has 0 radical (unpaired) electrons. The number of hydrogen-bond acceptors (Lipinski definition) is 4. The molecule has 4 rings (SSSR count). The van der Waals surface area contributed by atoms with E-state index in [0.717, 1.165) is 66.4 Å². The van der Waals surface area contributed by atoms with Crippen LogP contribution in [-0.2, 0) is 24.2 Å². The van der Waals surface area contributed by atoms with Gasteiger partial charge in [0.25, 0.3) is 0 Å². The number of carboxylic acid groups (broad SMARTS) is 1. The fraction of sp³-hybridized carbons (Fsp3) is 0.448. The van der Waals surface area contributed by atoms with Crippen LogP contribution in [0.25, 0.3) is 11.4 Å². The molecule has 0 amide bonds. The maximum absolute atomic E-state index is 11.1. The van der Waals surface area contributed by atoms with Gasteiger partial charge in [0.05, 0.1) is 25.8 Å². The highest BCUT2D eigenvalue weighted by Gasteiger charge is 2.25. The van der Waals surface area contributed by atoms with Crippen molar-refractivity contribution in [2.75, 3.05) is 13.7 Å². The minimum Gasteiger partial charge on any atom is -0.497 e. The largest absolute Gasteiger partial charge is 0.497 e. The number of nitrogens with zero attached hydrogens (tertiary/aromatic N) is 2. The molecule has 6 nitrogen and oxygen atoms in total. The van der Waals surface area contributed by atoms with Gasteiger partial charge in [0, 0.05) is 24.2 Å². The Morgan fingerprint density at radius 2 is 1.91 bits per heavy atom. The molecule has 1 unspecified atom stereocenters. The van der Waals surface area contributed by atoms with Crippen molar-refractivity contribution in [2.45, 2.75) is 71.3 Å². The fourth-order valence-electron chi connectivity index (χ4n) is 5.10. The third kappa shape index (κ3) is 5.87. The summed E-state index contributed by atoms with van der Waals surface area (Å²) >= 11 is 0. The van der Waals surface area contributed by atoms with E-state index in [1.54, 1.807) is 7.11 Å². The fourth-order valence-corrected chi connectivity index (χ4v) is 5.10. The molecule has 0 spiro atoms. The van der Waals surface area contributed by atoms with Crippen LogP contribution in [0.1, 0.15) is 67.5 Å². The van der Waals surface area contributed by atoms with Crippen molar-refractivity contribution in [3.8, 4) is 22.9 Å². The molecule has 2 aromatic carbocycles. The van der Waals surface area contributed by atoms with E-state index in [-0.39, 0.29) is 12.3 Å². The van der Waals surface area contributed by atoms with Gasteiger partial charge in [-0.25, -0.2) is 4.98 Å². The summed E-state index contributed by atoms with van der Waals surface area (Å²) < 4.78 is 13.8. The molecule has 1 N–H and O–H groups in total. The van der Waals surface area contributed by atoms with E-state index in [0.29, 0.717) is 6.61 Å². The highest BCUT2D eigenvalue weighted by atomic mass is 16.5. The maximum Gasteiger partial charge on any atom is 0.303 e. The van der Waals surface area contributed by atoms with Gasteiger partial charge in [-0.05, 0) is 79.6 Å². The van der Waals surface area contributed by atoms with Crippen molar-refractivity contribution in [3.05, 3.63) is 65.0 Å². The molecule has 0 bridgehead atoms. The molecule has 35 heavy (non-hydrogen) atoms. The summed E-state index contributed by atoms with van der Waals surface area (Å²) in [5, 5.41) is 9.15. The van der Waals surface area contributed by atoms with Gasteiger partial charge < -0.3 is 19.1 Å². The number of aryl methyl sites for hydroxylation is 2. The molecule has 0 saturated heterocycles. The lowest BCUT2D eigenvalue weighted by molar-refractivity contribution is -0.137. The Morgan fingerprint density at radius 3 is 2.63 bits per heavy atom. The Balaban J connectivity index is 1.47. The molecule has 1 atom stereocenters. The lowest BCUT2D eigenvalue weighted by atomic mass is 9.98. The number of fused-ring (bicyclic) bond motifs is 1. The van der Waals surface area contributed by atoms with Crippen molar-refractivity contribution < 1.29 is 19.4 Å². The van der Waals surface area contributed by atoms with Crippen molar-refractivity contribution in [3.63, 3.8) is 0 Å². The molecule has 1 heterocycles. The van der Waals surface area contributed by atoms with E-state index in [1.807, 2.05) is 24.3 Å². The van der Waals surface area contributed by atoms with Gasteiger partial charge in [0.15, 0.2) is 0 Å². The first-order valence-corrected chi connectivity index (χ1v) is 12.7. The number of carboxylic acids is 1. The van der Waals surface area contributed by atoms with E-state index in [2.05, 4.69) is 36.6 Å². The van der Waals surface area contributed by atoms with Crippen LogP contribution in [-0.4, -0.2) is 34.3 Å². The number of imidazole rings is 1. The smallest absolute Gasteiger partial charge is 0.303 e. The van der Waals surface area contributed by atoms with Gasteiger partial charge in [-0.3, -0.25) is 4.79 Å². The first-order valence-electron chi connectivity index (χ1n) is 12.7. The van der Waals surface area contributed by atoms with Crippen LogP contribution in [0, 0.1) is 6.92 Å². The number of aromatic nitrogens is 2. The van der Waals surface area contributed by atoms with E-state index < -0.39 is 5.97 Å². The van der Waals surface area contributed by atoms with Crippen LogP contribution in [0.2, 0.25) is 0 Å². The molecule has 1 aromatic heterocycles. The predicted octanol–water partition coefficient (Wildman–Crippen LogP) is 6.18. The Labute approximate surface area is 207 Å². The molecule has 186 valence electrons. The second kappa shape index (κ2) is 11.4. The van der Waals surface area contributed by atoms with Crippen LogP contribution < -0.4 is 9.47 Å². The first-order chi connectivity index (χ1) is 17.0. The summed E-state index contributed by atoms with van der Waals surface area (Å²) in [6, 6.07) is 14.2. The first kappa shape index (κ1) is 24.8. The molecular weight excluding hydrogens is 440 g/mol. The normalized spacial score (nSPS) is 14.7. The topological polar surface area (TPSA) is 73.6 Å². The number of methoxy groups -OCH3 is 1. The number of aliphatic carboxylic acids is 1. The number of rotatable bonds is 12. The van der Waals surface area contributed by atoms with Crippen LogP contribution in [0.3, 0.4) is 0 Å². The van der Waals surface area contributed by atoms with Gasteiger partial charge in [-0.1, -0.05) is 25.8 Å². The highest BCUT2D eigenvalue weighted by Crippen LogP contribution is 2.37. The maximum atomic E-state index is 11.1. The van der Waals surface area contributed by atoms with Gasteiger partial charge >= 0.3 is 5.97 Å². The predicted molar refractivity (Wildman–Crippen MR) is 137 cm³/mol. The van der Waals surface area contributed by atoms with Crippen molar-refractivity contribution in [1.29, 1.82) is 0 Å². The summed E-state index contributed by atoms with van der Waals surface area (Å²) in [5.41, 5.74) is 5.73. The zero-order chi connectivity index (χ0) is 24.8. The number of ether oxygens (including phenoxy) is 2. The SMILES string of the molecule is CCCCCn1c(-c2ccc(OC)cc2)nc(C)c1CCOc1ccc2c(c1)CCC2CC(=O)O. The van der Waals surface area contributed by atoms with Crippen LogP contribution in [0.4, 0.5) is 0 Å². The molecule has 0 fully saturated rings. The number of carbonyl (C=O) groups is 1. The number of hydrogen-bond donors (Lipinski definition) is 1. The van der Waals surface area contributed by atoms with Crippen LogP contribution in [0.5, 0.6) is 11.5 Å². The zero-order valence-corrected chi connectivity index (χ0v) is 21.0. The number of unbranched alkanes of at least 4 members (excludes halogenated alkanes) is 2. The summed E-state index contributed by atoms with van der Waals surface area (Å²) in [6.07, 6.45) is 6.27. The monoisotopic (exact) mass is 476 g/mol. The molecule has 6 heteroatoms. The highest BCUT2D eigenvalue weighted by molar-refractivity contribution is 5.68. The van der Waals surface area contributed by atoms with E-state index >= 15 is 0 Å². The van der Waals surface area contributed by atoms with Crippen LogP contribution >= 0.6 is 0 Å². The summed E-state index contributed by atoms with van der Waals surface area (Å²) in [4.78, 5) is 16.1. The van der Waals surface area contributed by atoms with Crippen molar-refractivity contribution in [2.24, 2.45) is 0 Å². The summed E-state index contributed by atoms with van der Waals surface area (Å²) in [7, 11) is 1.68. The lowest BCUT2D eigenvalue weighted by Gasteiger charge is -2.14.